The number of rotatable bonds is 11. The highest BCUT2D eigenvalue weighted by Gasteiger charge is 2.36. The van der Waals surface area contributed by atoms with Gasteiger partial charge in [0.1, 0.15) is 12.6 Å². The number of benzene rings is 2. The second-order valence-corrected chi connectivity index (χ2v) is 12.0. The number of carbonyl (C=O) groups excluding carboxylic acids is 2. The lowest BCUT2D eigenvalue weighted by atomic mass is 10.1. The van der Waals surface area contributed by atoms with Gasteiger partial charge in [-0.25, -0.2) is 8.42 Å². The van der Waals surface area contributed by atoms with E-state index >= 15 is 0 Å². The standard InChI is InChI=1S/C25H29Cl3F3N3O4S/c1-5-15(3)32-24(36)22(6-2)33(13-17-19(26)8-7-9-20(17)27)23(35)14-34(39(4,37)38)16-10-11-21(28)18(12-16)25(29,30)31/h7-12,15,22H,5-6,13-14H2,1-4H3,(H,32,36)/t15-,22+/m0/s1. The number of halogens is 6. The summed E-state index contributed by atoms with van der Waals surface area (Å²) in [4.78, 5) is 28.0. The summed E-state index contributed by atoms with van der Waals surface area (Å²) >= 11 is 18.3. The zero-order chi connectivity index (χ0) is 29.7. The molecule has 0 saturated heterocycles. The van der Waals surface area contributed by atoms with Crippen LogP contribution in [0.3, 0.4) is 0 Å². The van der Waals surface area contributed by atoms with Crippen LogP contribution in [0.15, 0.2) is 36.4 Å². The Morgan fingerprint density at radius 3 is 2.08 bits per heavy atom. The molecule has 0 heterocycles. The van der Waals surface area contributed by atoms with Crippen molar-refractivity contribution >= 4 is 62.3 Å². The maximum Gasteiger partial charge on any atom is 0.417 e. The largest absolute Gasteiger partial charge is 0.417 e. The van der Waals surface area contributed by atoms with Crippen molar-refractivity contribution in [1.29, 1.82) is 0 Å². The number of amides is 2. The molecule has 7 nitrogen and oxygen atoms in total. The quantitative estimate of drug-likeness (QED) is 0.323. The number of hydrogen-bond donors (Lipinski definition) is 1. The molecule has 2 rings (SSSR count). The minimum Gasteiger partial charge on any atom is -0.352 e. The van der Waals surface area contributed by atoms with E-state index in [1.165, 1.54) is 0 Å². The summed E-state index contributed by atoms with van der Waals surface area (Å²) < 4.78 is 66.3. The summed E-state index contributed by atoms with van der Waals surface area (Å²) in [6.07, 6.45) is -3.35. The van der Waals surface area contributed by atoms with Gasteiger partial charge in [-0.1, -0.05) is 54.7 Å². The minimum atomic E-state index is -4.87. The number of sulfonamides is 1. The number of carbonyl (C=O) groups is 2. The Kier molecular flexibility index (Phi) is 11.4. The molecule has 2 atom stereocenters. The Morgan fingerprint density at radius 2 is 1.59 bits per heavy atom. The van der Waals surface area contributed by atoms with Crippen molar-refractivity contribution in [2.24, 2.45) is 0 Å². The van der Waals surface area contributed by atoms with Gasteiger partial charge in [0.15, 0.2) is 0 Å². The zero-order valence-electron chi connectivity index (χ0n) is 21.7. The van der Waals surface area contributed by atoms with Gasteiger partial charge in [0.25, 0.3) is 0 Å². The number of nitrogens with one attached hydrogen (secondary N) is 1. The number of alkyl halides is 3. The van der Waals surface area contributed by atoms with E-state index in [9.17, 15) is 31.2 Å². The van der Waals surface area contributed by atoms with Crippen LogP contribution in [0.5, 0.6) is 0 Å². The monoisotopic (exact) mass is 629 g/mol. The van der Waals surface area contributed by atoms with Gasteiger partial charge in [-0.2, -0.15) is 13.2 Å². The van der Waals surface area contributed by atoms with Crippen molar-refractivity contribution in [2.45, 2.75) is 58.4 Å². The van der Waals surface area contributed by atoms with Crippen LogP contribution in [-0.4, -0.2) is 50.0 Å². The normalized spacial score (nSPS) is 13.5. The van der Waals surface area contributed by atoms with E-state index in [0.29, 0.717) is 22.4 Å². The van der Waals surface area contributed by atoms with Crippen molar-refractivity contribution in [3.63, 3.8) is 0 Å². The molecule has 216 valence electrons. The predicted octanol–water partition coefficient (Wildman–Crippen LogP) is 6.15. The van der Waals surface area contributed by atoms with Gasteiger partial charge >= 0.3 is 6.18 Å². The van der Waals surface area contributed by atoms with Crippen LogP contribution in [0.2, 0.25) is 15.1 Å². The van der Waals surface area contributed by atoms with E-state index < -0.39 is 56.9 Å². The Morgan fingerprint density at radius 1 is 1.00 bits per heavy atom. The van der Waals surface area contributed by atoms with E-state index in [2.05, 4.69) is 5.32 Å². The maximum absolute atomic E-state index is 13.7. The van der Waals surface area contributed by atoms with Gasteiger partial charge in [0.2, 0.25) is 21.8 Å². The first-order chi connectivity index (χ1) is 18.0. The van der Waals surface area contributed by atoms with E-state index in [1.807, 2.05) is 6.92 Å². The molecule has 2 aromatic carbocycles. The fourth-order valence-corrected chi connectivity index (χ4v) is 5.30. The molecular formula is C25H29Cl3F3N3O4S. The molecule has 0 aliphatic carbocycles. The van der Waals surface area contributed by atoms with Crippen molar-refractivity contribution in [1.82, 2.24) is 10.2 Å². The van der Waals surface area contributed by atoms with Crippen LogP contribution in [-0.2, 0) is 32.3 Å². The third kappa shape index (κ3) is 8.64. The molecule has 1 N–H and O–H groups in total. The van der Waals surface area contributed by atoms with Gasteiger partial charge in [0.05, 0.1) is 22.5 Å². The molecule has 0 saturated carbocycles. The van der Waals surface area contributed by atoms with Gasteiger partial charge in [-0.15, -0.1) is 0 Å². The molecule has 0 aromatic heterocycles. The third-order valence-electron chi connectivity index (χ3n) is 6.00. The Hall–Kier alpha value is -2.21. The summed E-state index contributed by atoms with van der Waals surface area (Å²) in [5.74, 6) is -1.34. The number of nitrogens with zero attached hydrogens (tertiary/aromatic N) is 2. The fourth-order valence-electron chi connectivity index (χ4n) is 3.71. The van der Waals surface area contributed by atoms with Gasteiger partial charge in [-0.3, -0.25) is 13.9 Å². The second kappa shape index (κ2) is 13.4. The van der Waals surface area contributed by atoms with Gasteiger partial charge in [0, 0.05) is 28.2 Å². The van der Waals surface area contributed by atoms with Crippen LogP contribution in [0, 0.1) is 0 Å². The van der Waals surface area contributed by atoms with Crippen molar-refractivity contribution in [3.8, 4) is 0 Å². The molecule has 0 radical (unpaired) electrons. The lowest BCUT2D eigenvalue weighted by Gasteiger charge is -2.34. The highest BCUT2D eigenvalue weighted by molar-refractivity contribution is 7.92. The fraction of sp³-hybridized carbons (Fsp3) is 0.440. The first-order valence-corrected chi connectivity index (χ1v) is 14.9. The molecule has 39 heavy (non-hydrogen) atoms. The minimum absolute atomic E-state index is 0.147. The number of anilines is 1. The Bertz CT molecular complexity index is 1290. The summed E-state index contributed by atoms with van der Waals surface area (Å²) in [6.45, 7) is 4.16. The van der Waals surface area contributed by atoms with E-state index in [0.717, 1.165) is 23.3 Å². The van der Waals surface area contributed by atoms with E-state index in [4.69, 9.17) is 34.8 Å². The first kappa shape index (κ1) is 33.0. The summed E-state index contributed by atoms with van der Waals surface area (Å²) in [6, 6.07) is 5.93. The Labute approximate surface area is 241 Å². The average molecular weight is 631 g/mol. The highest BCUT2D eigenvalue weighted by Crippen LogP contribution is 2.37. The van der Waals surface area contributed by atoms with Crippen molar-refractivity contribution < 1.29 is 31.2 Å². The summed E-state index contributed by atoms with van der Waals surface area (Å²) in [5.41, 5.74) is -1.36. The molecule has 0 aliphatic rings. The SMILES string of the molecule is CC[C@H](C(=O)N[C@@H](C)CC)N(Cc1c(Cl)cccc1Cl)C(=O)CN(c1ccc(Cl)c(C(F)(F)F)c1)S(C)(=O)=O. The third-order valence-corrected chi connectivity index (χ3v) is 8.18. The summed E-state index contributed by atoms with van der Waals surface area (Å²) in [7, 11) is -4.26. The Balaban J connectivity index is 2.58. The molecule has 0 aliphatic heterocycles. The lowest BCUT2D eigenvalue weighted by molar-refractivity contribution is -0.140. The van der Waals surface area contributed by atoms with Crippen LogP contribution < -0.4 is 9.62 Å². The molecule has 14 heteroatoms. The van der Waals surface area contributed by atoms with E-state index in [1.54, 1.807) is 32.0 Å². The molecular weight excluding hydrogens is 602 g/mol. The molecule has 0 fully saturated rings. The highest BCUT2D eigenvalue weighted by atomic mass is 35.5. The number of hydrogen-bond acceptors (Lipinski definition) is 4. The van der Waals surface area contributed by atoms with Crippen LogP contribution in [0.1, 0.15) is 44.7 Å². The lowest BCUT2D eigenvalue weighted by Crippen LogP contribution is -2.53. The maximum atomic E-state index is 13.7. The van der Waals surface area contributed by atoms with Crippen molar-refractivity contribution in [2.75, 3.05) is 17.1 Å². The van der Waals surface area contributed by atoms with Crippen LogP contribution >= 0.6 is 34.8 Å². The van der Waals surface area contributed by atoms with Crippen LogP contribution in [0.4, 0.5) is 18.9 Å². The molecule has 2 amide bonds. The molecule has 0 unspecified atom stereocenters. The van der Waals surface area contributed by atoms with Gasteiger partial charge < -0.3 is 10.2 Å². The average Bonchev–Trinajstić information content (AvgIpc) is 2.83. The molecule has 0 spiro atoms. The topological polar surface area (TPSA) is 86.8 Å². The van der Waals surface area contributed by atoms with Gasteiger partial charge in [-0.05, 0) is 50.1 Å². The molecule has 0 bridgehead atoms. The second-order valence-electron chi connectivity index (χ2n) is 8.90. The smallest absolute Gasteiger partial charge is 0.352 e. The predicted molar refractivity (Wildman–Crippen MR) is 148 cm³/mol. The van der Waals surface area contributed by atoms with E-state index in [-0.39, 0.29) is 29.1 Å². The zero-order valence-corrected chi connectivity index (χ0v) is 24.7. The summed E-state index contributed by atoms with van der Waals surface area (Å²) in [5, 5.41) is 2.60. The first-order valence-electron chi connectivity index (χ1n) is 11.9. The van der Waals surface area contributed by atoms with Crippen molar-refractivity contribution in [3.05, 3.63) is 62.6 Å². The molecule has 2 aromatic rings. The van der Waals surface area contributed by atoms with Crippen LogP contribution in [0.25, 0.3) is 0 Å².